The zero-order valence-corrected chi connectivity index (χ0v) is 9.01. The van der Waals surface area contributed by atoms with Gasteiger partial charge in [-0.1, -0.05) is 0 Å². The van der Waals surface area contributed by atoms with Crippen molar-refractivity contribution in [2.75, 3.05) is 0 Å². The SMILES string of the molecule is Cc1cc(F)c(-c2cnco2)c(Br)c1. The van der Waals surface area contributed by atoms with Crippen LogP contribution in [-0.2, 0) is 0 Å². The fourth-order valence-corrected chi connectivity index (χ4v) is 2.02. The summed E-state index contributed by atoms with van der Waals surface area (Å²) in [5.41, 5.74) is 1.27. The first-order valence-corrected chi connectivity index (χ1v) is 4.82. The van der Waals surface area contributed by atoms with Crippen LogP contribution in [0, 0.1) is 12.7 Å². The van der Waals surface area contributed by atoms with Crippen molar-refractivity contribution in [2.24, 2.45) is 0 Å². The van der Waals surface area contributed by atoms with E-state index in [1.54, 1.807) is 0 Å². The molecule has 0 aliphatic rings. The summed E-state index contributed by atoms with van der Waals surface area (Å²) in [7, 11) is 0. The Kier molecular flexibility index (Phi) is 2.37. The van der Waals surface area contributed by atoms with Gasteiger partial charge in [-0.2, -0.15) is 0 Å². The van der Waals surface area contributed by atoms with Crippen molar-refractivity contribution >= 4 is 15.9 Å². The molecule has 0 aliphatic heterocycles. The average molecular weight is 256 g/mol. The first-order chi connectivity index (χ1) is 6.68. The molecule has 0 atom stereocenters. The van der Waals surface area contributed by atoms with Gasteiger partial charge in [-0.25, -0.2) is 9.37 Å². The Balaban J connectivity index is 2.64. The minimum atomic E-state index is -0.311. The van der Waals surface area contributed by atoms with E-state index in [4.69, 9.17) is 4.42 Å². The maximum Gasteiger partial charge on any atom is 0.181 e. The molecule has 4 heteroatoms. The molecule has 0 saturated carbocycles. The van der Waals surface area contributed by atoms with E-state index in [9.17, 15) is 4.39 Å². The topological polar surface area (TPSA) is 26.0 Å². The standard InChI is InChI=1S/C10H7BrFNO/c1-6-2-7(11)10(8(12)3-6)9-4-13-5-14-9/h2-5H,1H3. The summed E-state index contributed by atoms with van der Waals surface area (Å²) >= 11 is 3.29. The number of aryl methyl sites for hydroxylation is 1. The summed E-state index contributed by atoms with van der Waals surface area (Å²) in [4.78, 5) is 3.75. The Bertz CT molecular complexity index is 430. The monoisotopic (exact) mass is 255 g/mol. The summed E-state index contributed by atoms with van der Waals surface area (Å²) in [6, 6.07) is 3.30. The Labute approximate surface area is 88.9 Å². The van der Waals surface area contributed by atoms with Gasteiger partial charge in [0.15, 0.2) is 12.2 Å². The fourth-order valence-electron chi connectivity index (χ4n) is 1.27. The number of nitrogens with zero attached hydrogens (tertiary/aromatic N) is 1. The first kappa shape index (κ1) is 9.40. The molecule has 1 aromatic carbocycles. The van der Waals surface area contributed by atoms with Crippen molar-refractivity contribution < 1.29 is 8.81 Å². The van der Waals surface area contributed by atoms with Gasteiger partial charge in [0, 0.05) is 4.47 Å². The quantitative estimate of drug-likeness (QED) is 0.779. The van der Waals surface area contributed by atoms with Gasteiger partial charge < -0.3 is 4.42 Å². The smallest absolute Gasteiger partial charge is 0.181 e. The first-order valence-electron chi connectivity index (χ1n) is 4.03. The highest BCUT2D eigenvalue weighted by atomic mass is 79.9. The Morgan fingerprint density at radius 3 is 2.79 bits per heavy atom. The highest BCUT2D eigenvalue weighted by Crippen LogP contribution is 2.31. The molecule has 0 amide bonds. The molecule has 2 rings (SSSR count). The third-order valence-corrected chi connectivity index (χ3v) is 2.49. The van der Waals surface area contributed by atoms with Gasteiger partial charge in [-0.15, -0.1) is 0 Å². The number of benzene rings is 1. The summed E-state index contributed by atoms with van der Waals surface area (Å²) < 4.78 is 19.3. The number of rotatable bonds is 1. The molecule has 0 unspecified atom stereocenters. The van der Waals surface area contributed by atoms with Crippen molar-refractivity contribution in [3.05, 3.63) is 40.6 Å². The summed E-state index contributed by atoms with van der Waals surface area (Å²) in [5, 5.41) is 0. The second-order valence-corrected chi connectivity index (χ2v) is 3.82. The summed E-state index contributed by atoms with van der Waals surface area (Å²) in [5.74, 6) is 0.114. The van der Waals surface area contributed by atoms with Crippen LogP contribution in [0.25, 0.3) is 11.3 Å². The van der Waals surface area contributed by atoms with Crippen LogP contribution in [0.5, 0.6) is 0 Å². The lowest BCUT2D eigenvalue weighted by molar-refractivity contribution is 0.560. The highest BCUT2D eigenvalue weighted by molar-refractivity contribution is 9.10. The van der Waals surface area contributed by atoms with Gasteiger partial charge in [0.25, 0.3) is 0 Å². The molecule has 2 aromatic rings. The Morgan fingerprint density at radius 2 is 2.21 bits per heavy atom. The highest BCUT2D eigenvalue weighted by Gasteiger charge is 2.12. The summed E-state index contributed by atoms with van der Waals surface area (Å²) in [6.07, 6.45) is 2.76. The zero-order chi connectivity index (χ0) is 10.1. The lowest BCUT2D eigenvalue weighted by Crippen LogP contribution is -1.86. The second-order valence-electron chi connectivity index (χ2n) is 2.97. The lowest BCUT2D eigenvalue weighted by Gasteiger charge is -2.03. The van der Waals surface area contributed by atoms with E-state index in [-0.39, 0.29) is 5.82 Å². The van der Waals surface area contributed by atoms with Crippen molar-refractivity contribution in [3.8, 4) is 11.3 Å². The van der Waals surface area contributed by atoms with Crippen molar-refractivity contribution in [2.45, 2.75) is 6.92 Å². The molecule has 0 fully saturated rings. The number of halogens is 2. The van der Waals surface area contributed by atoms with Crippen molar-refractivity contribution in [1.82, 2.24) is 4.98 Å². The number of oxazole rings is 1. The van der Waals surface area contributed by atoms with Crippen LogP contribution in [0.1, 0.15) is 5.56 Å². The molecule has 0 saturated heterocycles. The molecule has 0 radical (unpaired) electrons. The third-order valence-electron chi connectivity index (χ3n) is 1.87. The van der Waals surface area contributed by atoms with E-state index in [0.717, 1.165) is 5.56 Å². The minimum Gasteiger partial charge on any atom is -0.443 e. The molecule has 0 spiro atoms. The molecule has 0 aliphatic carbocycles. The molecule has 72 valence electrons. The van der Waals surface area contributed by atoms with Crippen LogP contribution in [0.3, 0.4) is 0 Å². The number of hydrogen-bond donors (Lipinski definition) is 0. The molecular formula is C10H7BrFNO. The van der Waals surface area contributed by atoms with Gasteiger partial charge in [0.1, 0.15) is 5.82 Å². The van der Waals surface area contributed by atoms with Crippen LogP contribution < -0.4 is 0 Å². The molecule has 1 aromatic heterocycles. The van der Waals surface area contributed by atoms with Gasteiger partial charge in [-0.05, 0) is 40.5 Å². The summed E-state index contributed by atoms with van der Waals surface area (Å²) in [6.45, 7) is 1.83. The molecule has 2 nitrogen and oxygen atoms in total. The van der Waals surface area contributed by atoms with Crippen LogP contribution in [0.2, 0.25) is 0 Å². The third kappa shape index (κ3) is 1.57. The largest absolute Gasteiger partial charge is 0.443 e. The molecule has 14 heavy (non-hydrogen) atoms. The van der Waals surface area contributed by atoms with Crippen LogP contribution in [0.15, 0.2) is 33.6 Å². The second kappa shape index (κ2) is 3.53. The molecule has 0 bridgehead atoms. The maximum atomic E-state index is 13.6. The number of hydrogen-bond acceptors (Lipinski definition) is 2. The number of aromatic nitrogens is 1. The van der Waals surface area contributed by atoms with Crippen molar-refractivity contribution in [1.29, 1.82) is 0 Å². The normalized spacial score (nSPS) is 10.5. The predicted octanol–water partition coefficient (Wildman–Crippen LogP) is 3.55. The maximum absolute atomic E-state index is 13.6. The van der Waals surface area contributed by atoms with Gasteiger partial charge in [0.05, 0.1) is 11.8 Å². The van der Waals surface area contributed by atoms with E-state index in [1.807, 2.05) is 13.0 Å². The van der Waals surface area contributed by atoms with Crippen LogP contribution in [-0.4, -0.2) is 4.98 Å². The average Bonchev–Trinajstić information content (AvgIpc) is 2.54. The van der Waals surface area contributed by atoms with E-state index in [0.29, 0.717) is 15.8 Å². The molecular weight excluding hydrogens is 249 g/mol. The molecule has 1 heterocycles. The lowest BCUT2D eigenvalue weighted by atomic mass is 10.1. The Hall–Kier alpha value is -1.16. The fraction of sp³-hybridized carbons (Fsp3) is 0.100. The van der Waals surface area contributed by atoms with Gasteiger partial charge in [0.2, 0.25) is 0 Å². The molecule has 0 N–H and O–H groups in total. The Morgan fingerprint density at radius 1 is 1.43 bits per heavy atom. The predicted molar refractivity (Wildman–Crippen MR) is 54.3 cm³/mol. The van der Waals surface area contributed by atoms with E-state index >= 15 is 0 Å². The van der Waals surface area contributed by atoms with Crippen LogP contribution >= 0.6 is 15.9 Å². The van der Waals surface area contributed by atoms with E-state index in [1.165, 1.54) is 18.7 Å². The van der Waals surface area contributed by atoms with Crippen LogP contribution in [0.4, 0.5) is 4.39 Å². The minimum absolute atomic E-state index is 0.311. The van der Waals surface area contributed by atoms with Crippen molar-refractivity contribution in [3.63, 3.8) is 0 Å². The van der Waals surface area contributed by atoms with Gasteiger partial charge in [-0.3, -0.25) is 0 Å². The zero-order valence-electron chi connectivity index (χ0n) is 7.42. The van der Waals surface area contributed by atoms with Gasteiger partial charge >= 0.3 is 0 Å². The van der Waals surface area contributed by atoms with E-state index < -0.39 is 0 Å². The van der Waals surface area contributed by atoms with E-state index in [2.05, 4.69) is 20.9 Å².